The van der Waals surface area contributed by atoms with E-state index in [4.69, 9.17) is 5.11 Å². The van der Waals surface area contributed by atoms with Crippen LogP contribution in [0.25, 0.3) is 0 Å². The summed E-state index contributed by atoms with van der Waals surface area (Å²) in [5, 5.41) is 18.4. The highest BCUT2D eigenvalue weighted by molar-refractivity contribution is 5.85. The van der Waals surface area contributed by atoms with Gasteiger partial charge in [-0.2, -0.15) is 0 Å². The highest BCUT2D eigenvalue weighted by Gasteiger charge is 2.38. The van der Waals surface area contributed by atoms with Crippen LogP contribution in [-0.2, 0) is 16.0 Å². The molecule has 1 aromatic carbocycles. The molecule has 1 fully saturated rings. The number of carbonyl (C=O) groups excluding carboxylic acids is 1. The fraction of sp³-hybridized carbons (Fsp3) is 0.385. The molecule has 0 saturated carbocycles. The molecule has 0 unspecified atom stereocenters. The van der Waals surface area contributed by atoms with Gasteiger partial charge in [-0.1, -0.05) is 6.07 Å². The van der Waals surface area contributed by atoms with Crippen molar-refractivity contribution < 1.29 is 28.6 Å². The van der Waals surface area contributed by atoms with Gasteiger partial charge in [-0.25, -0.2) is 13.6 Å². The molecule has 108 valence electrons. The van der Waals surface area contributed by atoms with Gasteiger partial charge in [0, 0.05) is 19.0 Å². The number of carboxylic acid groups (broad SMARTS) is 1. The molecule has 20 heavy (non-hydrogen) atoms. The largest absolute Gasteiger partial charge is 0.480 e. The first-order chi connectivity index (χ1) is 9.38. The van der Waals surface area contributed by atoms with E-state index in [9.17, 15) is 23.5 Å². The molecule has 2 rings (SSSR count). The first-order valence-electron chi connectivity index (χ1n) is 6.02. The van der Waals surface area contributed by atoms with Crippen molar-refractivity contribution in [3.8, 4) is 0 Å². The molecule has 0 spiro atoms. The maximum absolute atomic E-state index is 13.5. The third kappa shape index (κ3) is 2.93. The number of rotatable bonds is 3. The van der Waals surface area contributed by atoms with Crippen LogP contribution < -0.4 is 0 Å². The second-order valence-corrected chi connectivity index (χ2v) is 4.70. The van der Waals surface area contributed by atoms with Gasteiger partial charge in [0.1, 0.15) is 17.7 Å². The van der Waals surface area contributed by atoms with Crippen LogP contribution in [0.4, 0.5) is 8.78 Å². The van der Waals surface area contributed by atoms with Gasteiger partial charge in [-0.3, -0.25) is 4.79 Å². The molecule has 0 bridgehead atoms. The fourth-order valence-corrected chi connectivity index (χ4v) is 2.25. The summed E-state index contributed by atoms with van der Waals surface area (Å²) < 4.78 is 26.2. The van der Waals surface area contributed by atoms with Gasteiger partial charge in [-0.05, 0) is 11.6 Å². The van der Waals surface area contributed by atoms with E-state index in [2.05, 4.69) is 0 Å². The first kappa shape index (κ1) is 14.4. The predicted molar refractivity (Wildman–Crippen MR) is 63.8 cm³/mol. The van der Waals surface area contributed by atoms with E-state index in [1.54, 1.807) is 0 Å². The summed E-state index contributed by atoms with van der Waals surface area (Å²) in [7, 11) is 0. The van der Waals surface area contributed by atoms with Crippen LogP contribution in [0, 0.1) is 11.6 Å². The standard InChI is InChI=1S/C13H13F2NO4/c14-8-2-1-7(10(15)4-8)3-12(18)16-6-9(17)5-11(16)13(19)20/h1-2,4,9,11,17H,3,5-6H2,(H,19,20)/t9-,11-/m1/s1. The number of hydrogen-bond acceptors (Lipinski definition) is 3. The maximum Gasteiger partial charge on any atom is 0.326 e. The lowest BCUT2D eigenvalue weighted by molar-refractivity contribution is -0.148. The molecular weight excluding hydrogens is 272 g/mol. The summed E-state index contributed by atoms with van der Waals surface area (Å²) in [6, 6.07) is 1.72. The van der Waals surface area contributed by atoms with Crippen LogP contribution in [-0.4, -0.2) is 45.7 Å². The molecule has 1 aliphatic heterocycles. The molecule has 1 saturated heterocycles. The van der Waals surface area contributed by atoms with Crippen LogP contribution in [0.3, 0.4) is 0 Å². The van der Waals surface area contributed by atoms with Crippen LogP contribution in [0.1, 0.15) is 12.0 Å². The Morgan fingerprint density at radius 3 is 2.65 bits per heavy atom. The number of halogens is 2. The summed E-state index contributed by atoms with van der Waals surface area (Å²) in [4.78, 5) is 24.0. The zero-order chi connectivity index (χ0) is 14.9. The van der Waals surface area contributed by atoms with E-state index >= 15 is 0 Å². The molecule has 1 amide bonds. The number of nitrogens with zero attached hydrogens (tertiary/aromatic N) is 1. The Labute approximate surface area is 113 Å². The van der Waals surface area contributed by atoms with Gasteiger partial charge in [0.05, 0.1) is 12.5 Å². The Kier molecular flexibility index (Phi) is 3.99. The predicted octanol–water partition coefficient (Wildman–Crippen LogP) is 0.554. The number of benzene rings is 1. The van der Waals surface area contributed by atoms with Crippen molar-refractivity contribution in [1.82, 2.24) is 4.90 Å². The quantitative estimate of drug-likeness (QED) is 0.850. The first-order valence-corrected chi connectivity index (χ1v) is 6.02. The molecular formula is C13H13F2NO4. The van der Waals surface area contributed by atoms with Crippen molar-refractivity contribution in [2.75, 3.05) is 6.54 Å². The van der Waals surface area contributed by atoms with Gasteiger partial charge in [0.2, 0.25) is 5.91 Å². The highest BCUT2D eigenvalue weighted by Crippen LogP contribution is 2.20. The van der Waals surface area contributed by atoms with Gasteiger partial charge in [-0.15, -0.1) is 0 Å². The number of β-amino-alcohol motifs (C(OH)–C–C–N with tert-alkyl or cyclic N) is 1. The SMILES string of the molecule is O=C(O)[C@H]1C[C@@H](O)CN1C(=O)Cc1ccc(F)cc1F. The number of amides is 1. The number of likely N-dealkylation sites (tertiary alicyclic amines) is 1. The van der Waals surface area contributed by atoms with E-state index in [0.29, 0.717) is 6.07 Å². The van der Waals surface area contributed by atoms with Crippen LogP contribution >= 0.6 is 0 Å². The Hall–Kier alpha value is -2.02. The summed E-state index contributed by atoms with van der Waals surface area (Å²) in [5.41, 5.74) is -0.0121. The van der Waals surface area contributed by atoms with Crippen molar-refractivity contribution >= 4 is 11.9 Å². The van der Waals surface area contributed by atoms with Crippen molar-refractivity contribution in [2.45, 2.75) is 25.0 Å². The minimum atomic E-state index is -1.21. The molecule has 2 N–H and O–H groups in total. The molecule has 2 atom stereocenters. The zero-order valence-corrected chi connectivity index (χ0v) is 10.4. The number of carbonyl (C=O) groups is 2. The van der Waals surface area contributed by atoms with E-state index in [0.717, 1.165) is 17.0 Å². The van der Waals surface area contributed by atoms with Crippen molar-refractivity contribution in [1.29, 1.82) is 0 Å². The summed E-state index contributed by atoms with van der Waals surface area (Å²) in [6.07, 6.45) is -1.33. The lowest BCUT2D eigenvalue weighted by Gasteiger charge is -2.21. The number of aliphatic hydroxyl groups is 1. The zero-order valence-electron chi connectivity index (χ0n) is 10.4. The van der Waals surface area contributed by atoms with E-state index < -0.39 is 35.7 Å². The minimum Gasteiger partial charge on any atom is -0.480 e. The van der Waals surface area contributed by atoms with E-state index in [-0.39, 0.29) is 24.9 Å². The van der Waals surface area contributed by atoms with Crippen LogP contribution in [0.15, 0.2) is 18.2 Å². The van der Waals surface area contributed by atoms with E-state index in [1.165, 1.54) is 0 Å². The molecule has 7 heteroatoms. The molecule has 1 heterocycles. The second-order valence-electron chi connectivity index (χ2n) is 4.70. The average molecular weight is 285 g/mol. The third-order valence-electron chi connectivity index (χ3n) is 3.24. The molecule has 0 aromatic heterocycles. The van der Waals surface area contributed by atoms with Crippen molar-refractivity contribution in [2.24, 2.45) is 0 Å². The summed E-state index contributed by atoms with van der Waals surface area (Å²) in [6.45, 7) is -0.0986. The second kappa shape index (κ2) is 5.54. The Morgan fingerprint density at radius 2 is 2.05 bits per heavy atom. The number of aliphatic hydroxyl groups excluding tert-OH is 1. The Balaban J connectivity index is 2.13. The highest BCUT2D eigenvalue weighted by atomic mass is 19.1. The summed E-state index contributed by atoms with van der Waals surface area (Å²) in [5.74, 6) is -3.43. The van der Waals surface area contributed by atoms with Crippen molar-refractivity contribution in [3.05, 3.63) is 35.4 Å². The lowest BCUT2D eigenvalue weighted by Crippen LogP contribution is -2.41. The van der Waals surface area contributed by atoms with Crippen LogP contribution in [0.5, 0.6) is 0 Å². The maximum atomic E-state index is 13.5. The van der Waals surface area contributed by atoms with Gasteiger partial charge >= 0.3 is 5.97 Å². The average Bonchev–Trinajstić information content (AvgIpc) is 2.75. The molecule has 0 aliphatic carbocycles. The third-order valence-corrected chi connectivity index (χ3v) is 3.24. The molecule has 1 aliphatic rings. The Bertz CT molecular complexity index is 549. The number of aliphatic carboxylic acids is 1. The van der Waals surface area contributed by atoms with Gasteiger partial charge in [0.25, 0.3) is 0 Å². The topological polar surface area (TPSA) is 77.8 Å². The number of carboxylic acids is 1. The number of hydrogen-bond donors (Lipinski definition) is 2. The minimum absolute atomic E-state index is 0.0121. The summed E-state index contributed by atoms with van der Waals surface area (Å²) >= 11 is 0. The smallest absolute Gasteiger partial charge is 0.326 e. The van der Waals surface area contributed by atoms with Gasteiger partial charge in [0.15, 0.2) is 0 Å². The van der Waals surface area contributed by atoms with Crippen molar-refractivity contribution in [3.63, 3.8) is 0 Å². The monoisotopic (exact) mass is 285 g/mol. The van der Waals surface area contributed by atoms with Gasteiger partial charge < -0.3 is 15.1 Å². The molecule has 0 radical (unpaired) electrons. The fourth-order valence-electron chi connectivity index (χ4n) is 2.25. The van der Waals surface area contributed by atoms with E-state index in [1.807, 2.05) is 0 Å². The van der Waals surface area contributed by atoms with Crippen LogP contribution in [0.2, 0.25) is 0 Å². The Morgan fingerprint density at radius 1 is 1.35 bits per heavy atom. The molecule has 1 aromatic rings. The normalized spacial score (nSPS) is 22.1. The lowest BCUT2D eigenvalue weighted by atomic mass is 10.1. The molecule has 5 nitrogen and oxygen atoms in total.